The maximum atomic E-state index is 3.99. The van der Waals surface area contributed by atoms with Crippen LogP contribution < -0.4 is 31.9 Å². The molecule has 3 aliphatic heterocycles. The van der Waals surface area contributed by atoms with Crippen molar-refractivity contribution in [3.8, 4) is 0 Å². The Hall–Kier alpha value is -10.0. The van der Waals surface area contributed by atoms with Gasteiger partial charge in [0.05, 0.1) is 6.04 Å². The minimum Gasteiger partial charge on any atom is -0.381 e. The van der Waals surface area contributed by atoms with Crippen LogP contribution in [-0.4, -0.2) is 6.04 Å². The molecule has 0 amide bonds. The van der Waals surface area contributed by atoms with E-state index in [4.69, 9.17) is 0 Å². The molecule has 0 radical (unpaired) electrons. The van der Waals surface area contributed by atoms with Crippen LogP contribution in [-0.2, 0) is 16.2 Å². The standard InChI is InChI=1S/C52H48N4.C28H26N2.2C2H6/c1-36(49-34-51(2,39-20-10-5-11-21-39)45-32-43(27-29-47(45)55-49)53-41-24-14-7-15-25-41)38-19-16-26-42(31-38)54-44-28-30-48-46(33-44)52(3,40-22-12-6-13-23-40)35-50(56-48)37-17-8-4-9-18-37;1-28(22-13-7-3-8-14-22)20-27(21-11-5-2-6-12-21)30-26-18-17-24(19-25(26)28)29-23-15-9-4-10-16-23;2*1-2/h4-33,35-36,49,53-56H,34H2,1-3H3;2-19,27,29-30H,20H2,1H3;2*1-2H3. The molecule has 14 rings (SSSR count). The molecule has 3 aliphatic rings. The Labute approximate surface area is 535 Å². The zero-order valence-electron chi connectivity index (χ0n) is 53.4. The number of hydrogen-bond donors (Lipinski definition) is 6. The summed E-state index contributed by atoms with van der Waals surface area (Å²) in [6, 6.07) is 105. The number of anilines is 9. The van der Waals surface area contributed by atoms with E-state index < -0.39 is 0 Å². The van der Waals surface area contributed by atoms with Gasteiger partial charge in [-0.2, -0.15) is 0 Å². The summed E-state index contributed by atoms with van der Waals surface area (Å²) < 4.78 is 0. The van der Waals surface area contributed by atoms with Crippen molar-refractivity contribution in [1.29, 1.82) is 0 Å². The summed E-state index contributed by atoms with van der Waals surface area (Å²) in [4.78, 5) is 0. The van der Waals surface area contributed by atoms with E-state index in [1.54, 1.807) is 0 Å². The molecule has 0 spiro atoms. The summed E-state index contributed by atoms with van der Waals surface area (Å²) in [6.07, 6.45) is 4.35. The van der Waals surface area contributed by atoms with E-state index in [2.05, 4.69) is 345 Å². The summed E-state index contributed by atoms with van der Waals surface area (Å²) in [5, 5.41) is 22.5. The van der Waals surface area contributed by atoms with Crippen LogP contribution in [0.1, 0.15) is 130 Å². The maximum Gasteiger partial charge on any atom is 0.0525 e. The normalized spacial score (nSPS) is 19.4. The van der Waals surface area contributed by atoms with Crippen molar-refractivity contribution >= 4 is 56.9 Å². The van der Waals surface area contributed by atoms with Crippen LogP contribution in [0.4, 0.5) is 51.2 Å². The lowest BCUT2D eigenvalue weighted by molar-refractivity contribution is 0.418. The van der Waals surface area contributed by atoms with Gasteiger partial charge in [-0.05, 0) is 167 Å². The van der Waals surface area contributed by atoms with Crippen molar-refractivity contribution in [2.45, 2.75) is 102 Å². The van der Waals surface area contributed by atoms with Crippen molar-refractivity contribution in [3.05, 3.63) is 347 Å². The van der Waals surface area contributed by atoms with Gasteiger partial charge in [0.1, 0.15) is 0 Å². The Balaban J connectivity index is 0.000000206. The summed E-state index contributed by atoms with van der Waals surface area (Å²) in [7, 11) is 0. The minimum atomic E-state index is -0.326. The smallest absolute Gasteiger partial charge is 0.0525 e. The Morgan fingerprint density at radius 2 is 0.767 bits per heavy atom. The fraction of sp³-hybridized carbons (Fsp3) is 0.190. The third-order valence-electron chi connectivity index (χ3n) is 18.3. The second-order valence-electron chi connectivity index (χ2n) is 24.1. The van der Waals surface area contributed by atoms with Gasteiger partial charge in [0, 0.05) is 85.1 Å². The van der Waals surface area contributed by atoms with E-state index >= 15 is 0 Å². The van der Waals surface area contributed by atoms with Crippen LogP contribution in [0.2, 0.25) is 0 Å². The summed E-state index contributed by atoms with van der Waals surface area (Å²) in [5.74, 6) is 0.255. The number of hydrogen-bond acceptors (Lipinski definition) is 6. The highest BCUT2D eigenvalue weighted by Crippen LogP contribution is 2.51. The Morgan fingerprint density at radius 3 is 1.29 bits per heavy atom. The molecule has 6 nitrogen and oxygen atoms in total. The first-order valence-corrected chi connectivity index (χ1v) is 32.3. The molecular weight excluding hydrogens is 1090 g/mol. The second kappa shape index (κ2) is 28.0. The van der Waals surface area contributed by atoms with Gasteiger partial charge < -0.3 is 31.9 Å². The van der Waals surface area contributed by atoms with Crippen molar-refractivity contribution < 1.29 is 0 Å². The first-order valence-electron chi connectivity index (χ1n) is 32.3. The van der Waals surface area contributed by atoms with Crippen LogP contribution in [0.3, 0.4) is 0 Å². The molecule has 11 aromatic rings. The number of para-hydroxylation sites is 2. The molecule has 3 heterocycles. The van der Waals surface area contributed by atoms with Crippen molar-refractivity contribution in [2.75, 3.05) is 31.9 Å². The van der Waals surface area contributed by atoms with Gasteiger partial charge in [-0.1, -0.05) is 249 Å². The van der Waals surface area contributed by atoms with Gasteiger partial charge in [0.15, 0.2) is 0 Å². The van der Waals surface area contributed by atoms with Crippen molar-refractivity contribution in [1.82, 2.24) is 0 Å². The molecule has 0 saturated heterocycles. The van der Waals surface area contributed by atoms with Crippen LogP contribution in [0.15, 0.2) is 297 Å². The number of nitrogens with one attached hydrogen (secondary N) is 6. The van der Waals surface area contributed by atoms with E-state index in [0.29, 0.717) is 0 Å². The highest BCUT2D eigenvalue weighted by atomic mass is 15.0. The monoisotopic (exact) mass is 1180 g/mol. The third-order valence-corrected chi connectivity index (χ3v) is 18.3. The topological polar surface area (TPSA) is 72.2 Å². The van der Waals surface area contributed by atoms with E-state index in [0.717, 1.165) is 58.4 Å². The van der Waals surface area contributed by atoms with Gasteiger partial charge in [-0.25, -0.2) is 0 Å². The molecule has 90 heavy (non-hydrogen) atoms. The average molecular weight is 1180 g/mol. The first kappa shape index (κ1) is 61.6. The van der Waals surface area contributed by atoms with Crippen LogP contribution in [0.25, 0.3) is 5.70 Å². The summed E-state index contributed by atoms with van der Waals surface area (Å²) >= 11 is 0. The highest BCUT2D eigenvalue weighted by molar-refractivity contribution is 5.86. The second-order valence-corrected chi connectivity index (χ2v) is 24.1. The quantitative estimate of drug-likeness (QED) is 0.0691. The molecule has 6 unspecified atom stereocenters. The van der Waals surface area contributed by atoms with Crippen LogP contribution in [0.5, 0.6) is 0 Å². The molecule has 0 saturated carbocycles. The molecule has 6 heteroatoms. The van der Waals surface area contributed by atoms with E-state index in [9.17, 15) is 0 Å². The zero-order chi connectivity index (χ0) is 62.5. The molecule has 0 aliphatic carbocycles. The number of rotatable bonds is 13. The maximum absolute atomic E-state index is 3.99. The predicted octanol–water partition coefficient (Wildman–Crippen LogP) is 22.6. The lowest BCUT2D eigenvalue weighted by Crippen LogP contribution is -2.41. The minimum absolute atomic E-state index is 0.0866. The van der Waals surface area contributed by atoms with Gasteiger partial charge in [0.25, 0.3) is 0 Å². The van der Waals surface area contributed by atoms with Crippen molar-refractivity contribution in [2.24, 2.45) is 0 Å². The molecule has 11 aromatic carbocycles. The van der Waals surface area contributed by atoms with Crippen molar-refractivity contribution in [3.63, 3.8) is 0 Å². The van der Waals surface area contributed by atoms with Crippen LogP contribution in [0, 0.1) is 0 Å². The molecule has 452 valence electrons. The average Bonchev–Trinajstić information content (AvgIpc) is 0.776. The predicted molar refractivity (Wildman–Crippen MR) is 386 cm³/mol. The first-order chi connectivity index (χ1) is 44.1. The number of allylic oxidation sites excluding steroid dienone is 1. The summed E-state index contributed by atoms with van der Waals surface area (Å²) in [5.41, 5.74) is 22.3. The fourth-order valence-electron chi connectivity index (χ4n) is 13.5. The molecule has 0 bridgehead atoms. The van der Waals surface area contributed by atoms with Gasteiger partial charge >= 0.3 is 0 Å². The Kier molecular flexibility index (Phi) is 19.2. The van der Waals surface area contributed by atoms with Gasteiger partial charge in [-0.3, -0.25) is 0 Å². The molecule has 0 fully saturated rings. The Morgan fingerprint density at radius 1 is 0.367 bits per heavy atom. The molecule has 0 aromatic heterocycles. The van der Waals surface area contributed by atoms with Crippen LogP contribution >= 0.6 is 0 Å². The molecular formula is C84H86N6. The zero-order valence-corrected chi connectivity index (χ0v) is 53.4. The lowest BCUT2D eigenvalue weighted by Gasteiger charge is -2.44. The molecule has 6 atom stereocenters. The van der Waals surface area contributed by atoms with Gasteiger partial charge in [0.2, 0.25) is 0 Å². The largest absolute Gasteiger partial charge is 0.381 e. The SMILES string of the molecule is CC.CC.CC(c1cccc(Nc2ccc3c(c2)C(C)(c2ccccc2)C=C(c2ccccc2)N3)c1)C1CC(C)(c2ccccc2)c2cc(Nc3ccccc3)ccc2N1.CC1(c2ccccc2)CC(c2ccccc2)Nc2ccc(Nc3ccccc3)cc21. The van der Waals surface area contributed by atoms with E-state index in [-0.39, 0.29) is 34.2 Å². The Bertz CT molecular complexity index is 4120. The highest BCUT2D eigenvalue weighted by Gasteiger charge is 2.41. The van der Waals surface area contributed by atoms with E-state index in [1.807, 2.05) is 39.8 Å². The fourth-order valence-corrected chi connectivity index (χ4v) is 13.5. The summed E-state index contributed by atoms with van der Waals surface area (Å²) in [6.45, 7) is 17.5. The molecule has 6 N–H and O–H groups in total. The number of benzene rings is 11. The van der Waals surface area contributed by atoms with E-state index in [1.165, 1.54) is 61.4 Å². The van der Waals surface area contributed by atoms with Gasteiger partial charge in [-0.15, -0.1) is 0 Å². The lowest BCUT2D eigenvalue weighted by atomic mass is 9.67. The number of fused-ring (bicyclic) bond motifs is 3. The third kappa shape index (κ3) is 13.4.